The Kier molecular flexibility index (Phi) is 3.72. The molecule has 94 valence electrons. The van der Waals surface area contributed by atoms with Crippen LogP contribution in [0.1, 0.15) is 12.8 Å². The molecule has 18 heavy (non-hydrogen) atoms. The van der Waals surface area contributed by atoms with E-state index >= 15 is 0 Å². The van der Waals surface area contributed by atoms with E-state index in [4.69, 9.17) is 4.74 Å². The molecule has 5 heteroatoms. The average Bonchev–Trinajstić information content (AvgIpc) is 2.38. The van der Waals surface area contributed by atoms with E-state index in [1.807, 2.05) is 12.2 Å². The molecule has 0 N–H and O–H groups in total. The van der Waals surface area contributed by atoms with Gasteiger partial charge in [0.05, 0.1) is 11.0 Å². The number of nitro groups is 1. The lowest BCUT2D eigenvalue weighted by Crippen LogP contribution is -2.02. The van der Waals surface area contributed by atoms with E-state index in [9.17, 15) is 14.5 Å². The molecular weight excluding hydrogens is 237 g/mol. The fourth-order valence-corrected chi connectivity index (χ4v) is 1.66. The van der Waals surface area contributed by atoms with Crippen molar-refractivity contribution >= 4 is 5.69 Å². The molecule has 0 heterocycles. The van der Waals surface area contributed by atoms with Crippen molar-refractivity contribution in [3.63, 3.8) is 0 Å². The molecule has 1 aromatic carbocycles. The SMILES string of the molecule is O=[N+]([O-])c1cc(OCC2=CCCC=C2)ccc1F. The minimum absolute atomic E-state index is 0.294. The third-order valence-corrected chi connectivity index (χ3v) is 2.59. The summed E-state index contributed by atoms with van der Waals surface area (Å²) in [6.07, 6.45) is 8.05. The molecule has 0 spiro atoms. The zero-order valence-corrected chi connectivity index (χ0v) is 9.64. The van der Waals surface area contributed by atoms with E-state index in [2.05, 4.69) is 6.08 Å². The monoisotopic (exact) mass is 249 g/mol. The van der Waals surface area contributed by atoms with Gasteiger partial charge in [-0.2, -0.15) is 4.39 Å². The fraction of sp³-hybridized carbons (Fsp3) is 0.231. The van der Waals surface area contributed by atoms with Gasteiger partial charge in [0.2, 0.25) is 5.82 Å². The van der Waals surface area contributed by atoms with E-state index in [0.717, 1.165) is 30.5 Å². The first-order chi connectivity index (χ1) is 8.66. The van der Waals surface area contributed by atoms with Crippen molar-refractivity contribution in [1.82, 2.24) is 0 Å². The lowest BCUT2D eigenvalue weighted by atomic mass is 10.1. The van der Waals surface area contributed by atoms with E-state index in [1.165, 1.54) is 6.07 Å². The molecule has 1 aromatic rings. The number of hydrogen-bond donors (Lipinski definition) is 0. The summed E-state index contributed by atoms with van der Waals surface area (Å²) in [6, 6.07) is 3.52. The van der Waals surface area contributed by atoms with Crippen molar-refractivity contribution in [1.29, 1.82) is 0 Å². The Labute approximate surface area is 104 Å². The van der Waals surface area contributed by atoms with Crippen molar-refractivity contribution < 1.29 is 14.1 Å². The van der Waals surface area contributed by atoms with Crippen LogP contribution in [-0.4, -0.2) is 11.5 Å². The largest absolute Gasteiger partial charge is 0.489 e. The van der Waals surface area contributed by atoms with Gasteiger partial charge < -0.3 is 4.74 Å². The summed E-state index contributed by atoms with van der Waals surface area (Å²) in [5.74, 6) is -0.563. The second kappa shape index (κ2) is 5.44. The summed E-state index contributed by atoms with van der Waals surface area (Å²) < 4.78 is 18.5. The Hall–Kier alpha value is -2.17. The van der Waals surface area contributed by atoms with Crippen LogP contribution in [0.5, 0.6) is 5.75 Å². The Morgan fingerprint density at radius 1 is 1.39 bits per heavy atom. The number of nitro benzene ring substituents is 1. The molecule has 0 amide bonds. The number of allylic oxidation sites excluding steroid dienone is 2. The second-order valence-electron chi connectivity index (χ2n) is 3.92. The molecule has 1 aliphatic rings. The number of benzene rings is 1. The van der Waals surface area contributed by atoms with Gasteiger partial charge in [-0.1, -0.05) is 18.2 Å². The topological polar surface area (TPSA) is 52.4 Å². The van der Waals surface area contributed by atoms with Crippen LogP contribution in [0.3, 0.4) is 0 Å². The third-order valence-electron chi connectivity index (χ3n) is 2.59. The summed E-state index contributed by atoms with van der Waals surface area (Å²) in [6.45, 7) is 0.333. The van der Waals surface area contributed by atoms with Gasteiger partial charge in [-0.25, -0.2) is 0 Å². The number of nitrogens with zero attached hydrogens (tertiary/aromatic N) is 1. The lowest BCUT2D eigenvalue weighted by Gasteiger charge is -2.09. The summed E-state index contributed by atoms with van der Waals surface area (Å²) >= 11 is 0. The van der Waals surface area contributed by atoms with Gasteiger partial charge in [-0.15, -0.1) is 0 Å². The van der Waals surface area contributed by atoms with Crippen LogP contribution in [0.4, 0.5) is 10.1 Å². The lowest BCUT2D eigenvalue weighted by molar-refractivity contribution is -0.387. The highest BCUT2D eigenvalue weighted by molar-refractivity contribution is 5.40. The molecule has 0 saturated heterocycles. The molecule has 2 rings (SSSR count). The predicted molar refractivity (Wildman–Crippen MR) is 65.0 cm³/mol. The molecule has 0 unspecified atom stereocenters. The van der Waals surface area contributed by atoms with Crippen LogP contribution in [0.15, 0.2) is 42.0 Å². The first kappa shape index (κ1) is 12.3. The van der Waals surface area contributed by atoms with Crippen molar-refractivity contribution in [3.8, 4) is 5.75 Å². The highest BCUT2D eigenvalue weighted by Crippen LogP contribution is 2.23. The van der Waals surface area contributed by atoms with E-state index < -0.39 is 16.4 Å². The summed E-state index contributed by atoms with van der Waals surface area (Å²) in [5, 5.41) is 10.6. The maximum atomic E-state index is 13.1. The molecule has 0 fully saturated rings. The number of rotatable bonds is 4. The van der Waals surface area contributed by atoms with Crippen LogP contribution in [0.25, 0.3) is 0 Å². The van der Waals surface area contributed by atoms with E-state index in [0.29, 0.717) is 12.4 Å². The third kappa shape index (κ3) is 2.94. The maximum absolute atomic E-state index is 13.1. The summed E-state index contributed by atoms with van der Waals surface area (Å²) in [7, 11) is 0. The highest BCUT2D eigenvalue weighted by Gasteiger charge is 2.14. The van der Waals surface area contributed by atoms with E-state index in [1.54, 1.807) is 0 Å². The van der Waals surface area contributed by atoms with Crippen LogP contribution >= 0.6 is 0 Å². The average molecular weight is 249 g/mol. The Morgan fingerprint density at radius 3 is 2.89 bits per heavy atom. The van der Waals surface area contributed by atoms with Crippen LogP contribution in [-0.2, 0) is 0 Å². The first-order valence-corrected chi connectivity index (χ1v) is 5.59. The fourth-order valence-electron chi connectivity index (χ4n) is 1.66. The van der Waals surface area contributed by atoms with E-state index in [-0.39, 0.29) is 0 Å². The predicted octanol–water partition coefficient (Wildman–Crippen LogP) is 3.39. The molecule has 0 bridgehead atoms. The summed E-state index contributed by atoms with van der Waals surface area (Å²) in [5.41, 5.74) is 0.453. The van der Waals surface area contributed by atoms with Gasteiger partial charge >= 0.3 is 5.69 Å². The van der Waals surface area contributed by atoms with Crippen molar-refractivity contribution in [2.45, 2.75) is 12.8 Å². The number of hydrogen-bond acceptors (Lipinski definition) is 3. The highest BCUT2D eigenvalue weighted by atomic mass is 19.1. The number of halogens is 1. The Morgan fingerprint density at radius 2 is 2.22 bits per heavy atom. The minimum Gasteiger partial charge on any atom is -0.489 e. The maximum Gasteiger partial charge on any atom is 0.308 e. The van der Waals surface area contributed by atoms with Gasteiger partial charge in [0, 0.05) is 0 Å². The van der Waals surface area contributed by atoms with Crippen LogP contribution in [0, 0.1) is 15.9 Å². The molecule has 0 aliphatic heterocycles. The number of ether oxygens (including phenoxy) is 1. The second-order valence-corrected chi connectivity index (χ2v) is 3.92. The van der Waals surface area contributed by atoms with Gasteiger partial charge in [0.1, 0.15) is 12.4 Å². The van der Waals surface area contributed by atoms with Gasteiger partial charge in [0.15, 0.2) is 0 Å². The van der Waals surface area contributed by atoms with Crippen LogP contribution < -0.4 is 4.74 Å². The zero-order chi connectivity index (χ0) is 13.0. The summed E-state index contributed by atoms with van der Waals surface area (Å²) in [4.78, 5) is 9.81. The standard InChI is InChI=1S/C13H12FNO3/c14-12-7-6-11(8-13(12)15(16)17)18-9-10-4-2-1-3-5-10/h2,4-8H,1,3,9H2. The quantitative estimate of drug-likeness (QED) is 0.607. The van der Waals surface area contributed by atoms with Crippen molar-refractivity contribution in [2.75, 3.05) is 6.61 Å². The molecule has 0 aromatic heterocycles. The van der Waals surface area contributed by atoms with Gasteiger partial charge in [-0.05, 0) is 30.5 Å². The molecular formula is C13H12FNO3. The molecule has 4 nitrogen and oxygen atoms in total. The molecule has 0 saturated carbocycles. The molecule has 1 aliphatic carbocycles. The van der Waals surface area contributed by atoms with Crippen molar-refractivity contribution in [2.24, 2.45) is 0 Å². The Bertz CT molecular complexity index is 523. The molecule has 0 radical (unpaired) electrons. The van der Waals surface area contributed by atoms with Crippen LogP contribution in [0.2, 0.25) is 0 Å². The van der Waals surface area contributed by atoms with Crippen molar-refractivity contribution in [3.05, 3.63) is 57.9 Å². The Balaban J connectivity index is 2.05. The van der Waals surface area contributed by atoms with Gasteiger partial charge in [-0.3, -0.25) is 10.1 Å². The first-order valence-electron chi connectivity index (χ1n) is 5.59. The minimum atomic E-state index is -0.857. The normalized spacial score (nSPS) is 14.2. The zero-order valence-electron chi connectivity index (χ0n) is 9.64. The molecule has 0 atom stereocenters. The van der Waals surface area contributed by atoms with Gasteiger partial charge in [0.25, 0.3) is 0 Å². The smallest absolute Gasteiger partial charge is 0.308 e.